The molecule has 2 aliphatic rings. The number of hydrogen-bond acceptors (Lipinski definition) is 4. The lowest BCUT2D eigenvalue weighted by Gasteiger charge is -2.20. The Morgan fingerprint density at radius 1 is 1.36 bits per heavy atom. The number of fused-ring (bicyclic) bond motifs is 2. The van der Waals surface area contributed by atoms with E-state index in [1.54, 1.807) is 28.4 Å². The van der Waals surface area contributed by atoms with E-state index in [0.29, 0.717) is 30.8 Å². The SMILES string of the molecule is C=CCNC(=O)N[C@H]1C[C@H]2C(=O)Nc3ccc(-c4cccs4)cc3C(=O)N2C1. The molecule has 7 nitrogen and oxygen atoms in total. The van der Waals surface area contributed by atoms with Crippen LogP contribution in [0.1, 0.15) is 16.8 Å². The predicted molar refractivity (Wildman–Crippen MR) is 108 cm³/mol. The van der Waals surface area contributed by atoms with Gasteiger partial charge in [-0.25, -0.2) is 4.79 Å². The third kappa shape index (κ3) is 3.38. The van der Waals surface area contributed by atoms with E-state index in [1.807, 2.05) is 29.6 Å². The van der Waals surface area contributed by atoms with Crippen LogP contribution in [0.4, 0.5) is 10.5 Å². The van der Waals surface area contributed by atoms with Crippen LogP contribution in [0.15, 0.2) is 48.4 Å². The van der Waals surface area contributed by atoms with Crippen LogP contribution < -0.4 is 16.0 Å². The number of nitrogens with zero attached hydrogens (tertiary/aromatic N) is 1. The molecule has 1 aromatic heterocycles. The van der Waals surface area contributed by atoms with Crippen molar-refractivity contribution in [3.8, 4) is 10.4 Å². The monoisotopic (exact) mass is 396 g/mol. The van der Waals surface area contributed by atoms with Crippen molar-refractivity contribution in [2.24, 2.45) is 0 Å². The Balaban J connectivity index is 1.57. The summed E-state index contributed by atoms with van der Waals surface area (Å²) in [6.45, 7) is 4.20. The molecule has 0 spiro atoms. The summed E-state index contributed by atoms with van der Waals surface area (Å²) >= 11 is 1.59. The fourth-order valence-corrected chi connectivity index (χ4v) is 4.34. The molecule has 0 aliphatic carbocycles. The summed E-state index contributed by atoms with van der Waals surface area (Å²) < 4.78 is 0. The van der Waals surface area contributed by atoms with Gasteiger partial charge in [0.1, 0.15) is 6.04 Å². The van der Waals surface area contributed by atoms with Crippen molar-refractivity contribution in [3.63, 3.8) is 0 Å². The van der Waals surface area contributed by atoms with Gasteiger partial charge in [0.15, 0.2) is 0 Å². The molecular formula is C20H20N4O3S. The van der Waals surface area contributed by atoms with Gasteiger partial charge in [0.05, 0.1) is 17.3 Å². The smallest absolute Gasteiger partial charge is 0.315 e. The van der Waals surface area contributed by atoms with E-state index in [0.717, 1.165) is 10.4 Å². The van der Waals surface area contributed by atoms with Crippen molar-refractivity contribution < 1.29 is 14.4 Å². The van der Waals surface area contributed by atoms with Crippen molar-refractivity contribution in [1.82, 2.24) is 15.5 Å². The number of thiophene rings is 1. The Hall–Kier alpha value is -3.13. The van der Waals surface area contributed by atoms with Crippen molar-refractivity contribution in [2.75, 3.05) is 18.4 Å². The van der Waals surface area contributed by atoms with Gasteiger partial charge in [0, 0.05) is 18.0 Å². The van der Waals surface area contributed by atoms with Crippen LogP contribution in [0.5, 0.6) is 0 Å². The van der Waals surface area contributed by atoms with Crippen LogP contribution >= 0.6 is 11.3 Å². The minimum Gasteiger partial charge on any atom is -0.335 e. The molecular weight excluding hydrogens is 376 g/mol. The van der Waals surface area contributed by atoms with E-state index in [-0.39, 0.29) is 23.9 Å². The van der Waals surface area contributed by atoms with Crippen molar-refractivity contribution in [3.05, 3.63) is 53.9 Å². The molecule has 3 heterocycles. The lowest BCUT2D eigenvalue weighted by Crippen LogP contribution is -2.44. The van der Waals surface area contributed by atoms with E-state index in [4.69, 9.17) is 0 Å². The molecule has 2 atom stereocenters. The number of nitrogens with one attached hydrogen (secondary N) is 3. The van der Waals surface area contributed by atoms with Gasteiger partial charge in [-0.05, 0) is 35.6 Å². The zero-order valence-electron chi connectivity index (χ0n) is 15.1. The molecule has 4 rings (SSSR count). The second kappa shape index (κ2) is 7.47. The second-order valence-corrected chi connectivity index (χ2v) is 7.72. The van der Waals surface area contributed by atoms with Gasteiger partial charge in [-0.15, -0.1) is 17.9 Å². The first-order chi connectivity index (χ1) is 13.6. The molecule has 1 aromatic carbocycles. The Kier molecular flexibility index (Phi) is 4.87. The van der Waals surface area contributed by atoms with Gasteiger partial charge >= 0.3 is 6.03 Å². The van der Waals surface area contributed by atoms with E-state index in [9.17, 15) is 14.4 Å². The van der Waals surface area contributed by atoms with Crippen LogP contribution in [0.25, 0.3) is 10.4 Å². The number of carbonyl (C=O) groups excluding carboxylic acids is 3. The standard InChI is InChI=1S/C20H20N4O3S/c1-2-7-21-20(27)22-13-10-16-18(25)23-15-6-5-12(17-4-3-8-28-17)9-14(15)19(26)24(16)11-13/h2-6,8-9,13,16H,1,7,10-11H2,(H,23,25)(H2,21,22,27)/t13-,16-/m0/s1. The highest BCUT2D eigenvalue weighted by molar-refractivity contribution is 7.13. The maximum atomic E-state index is 13.2. The maximum Gasteiger partial charge on any atom is 0.315 e. The van der Waals surface area contributed by atoms with Crippen LogP contribution in [-0.4, -0.2) is 47.9 Å². The largest absolute Gasteiger partial charge is 0.335 e. The molecule has 8 heteroatoms. The number of anilines is 1. The summed E-state index contributed by atoms with van der Waals surface area (Å²) in [6.07, 6.45) is 1.96. The number of urea groups is 1. The van der Waals surface area contributed by atoms with Crippen LogP contribution in [0.2, 0.25) is 0 Å². The average Bonchev–Trinajstić information content (AvgIpc) is 3.34. The second-order valence-electron chi connectivity index (χ2n) is 6.78. The van der Waals surface area contributed by atoms with Crippen LogP contribution in [-0.2, 0) is 4.79 Å². The molecule has 144 valence electrons. The van der Waals surface area contributed by atoms with Crippen LogP contribution in [0.3, 0.4) is 0 Å². The van der Waals surface area contributed by atoms with E-state index < -0.39 is 6.04 Å². The van der Waals surface area contributed by atoms with Crippen molar-refractivity contribution >= 4 is 34.9 Å². The topological polar surface area (TPSA) is 90.5 Å². The average molecular weight is 396 g/mol. The molecule has 0 radical (unpaired) electrons. The van der Waals surface area contributed by atoms with Gasteiger partial charge in [0.25, 0.3) is 5.91 Å². The maximum absolute atomic E-state index is 13.2. The first-order valence-electron chi connectivity index (χ1n) is 9.02. The summed E-state index contributed by atoms with van der Waals surface area (Å²) in [6, 6.07) is 8.23. The Morgan fingerprint density at radius 3 is 2.96 bits per heavy atom. The Morgan fingerprint density at radius 2 is 2.21 bits per heavy atom. The summed E-state index contributed by atoms with van der Waals surface area (Å²) in [5.41, 5.74) is 1.93. The first-order valence-corrected chi connectivity index (χ1v) is 9.90. The highest BCUT2D eigenvalue weighted by Gasteiger charge is 2.43. The fraction of sp³-hybridized carbons (Fsp3) is 0.250. The minimum absolute atomic E-state index is 0.201. The van der Waals surface area contributed by atoms with Gasteiger partial charge in [-0.3, -0.25) is 9.59 Å². The Labute approximate surface area is 166 Å². The van der Waals surface area contributed by atoms with Gasteiger partial charge in [-0.2, -0.15) is 0 Å². The van der Waals surface area contributed by atoms with E-state index >= 15 is 0 Å². The van der Waals surface area contributed by atoms with E-state index in [2.05, 4.69) is 22.5 Å². The molecule has 1 saturated heterocycles. The zero-order valence-corrected chi connectivity index (χ0v) is 15.9. The number of benzene rings is 1. The number of rotatable bonds is 4. The third-order valence-corrected chi connectivity index (χ3v) is 5.84. The first kappa shape index (κ1) is 18.2. The summed E-state index contributed by atoms with van der Waals surface area (Å²) in [4.78, 5) is 40.4. The van der Waals surface area contributed by atoms with Crippen molar-refractivity contribution in [2.45, 2.75) is 18.5 Å². The highest BCUT2D eigenvalue weighted by atomic mass is 32.1. The minimum atomic E-state index is -0.602. The molecule has 3 N–H and O–H groups in total. The lowest BCUT2D eigenvalue weighted by atomic mass is 10.1. The normalized spacial score (nSPS) is 20.6. The molecule has 4 amide bonds. The Bertz CT molecular complexity index is 941. The molecule has 1 fully saturated rings. The molecule has 0 bridgehead atoms. The lowest BCUT2D eigenvalue weighted by molar-refractivity contribution is -0.119. The van der Waals surface area contributed by atoms with Crippen LogP contribution in [0, 0.1) is 0 Å². The quantitative estimate of drug-likeness (QED) is 0.694. The zero-order chi connectivity index (χ0) is 19.7. The number of carbonyl (C=O) groups is 3. The number of hydrogen-bond donors (Lipinski definition) is 3. The highest BCUT2D eigenvalue weighted by Crippen LogP contribution is 2.33. The molecule has 28 heavy (non-hydrogen) atoms. The van der Waals surface area contributed by atoms with Gasteiger partial charge in [-0.1, -0.05) is 18.2 Å². The number of amides is 4. The molecule has 0 saturated carbocycles. The molecule has 2 aromatic rings. The van der Waals surface area contributed by atoms with E-state index in [1.165, 1.54) is 0 Å². The third-order valence-electron chi connectivity index (χ3n) is 4.92. The predicted octanol–water partition coefficient (Wildman–Crippen LogP) is 2.44. The summed E-state index contributed by atoms with van der Waals surface area (Å²) in [5.74, 6) is -0.431. The molecule has 0 unspecified atom stereocenters. The summed E-state index contributed by atoms with van der Waals surface area (Å²) in [5, 5.41) is 10.3. The fourth-order valence-electron chi connectivity index (χ4n) is 3.61. The van der Waals surface area contributed by atoms with Gasteiger partial charge < -0.3 is 20.9 Å². The molecule has 2 aliphatic heterocycles. The van der Waals surface area contributed by atoms with Gasteiger partial charge in [0.2, 0.25) is 5.91 Å². The van der Waals surface area contributed by atoms with Crippen molar-refractivity contribution in [1.29, 1.82) is 0 Å². The summed E-state index contributed by atoms with van der Waals surface area (Å²) in [7, 11) is 0.